The van der Waals surface area contributed by atoms with Gasteiger partial charge >= 0.3 is 5.97 Å². The van der Waals surface area contributed by atoms with Crippen LogP contribution < -0.4 is 15.1 Å². The van der Waals surface area contributed by atoms with Gasteiger partial charge in [-0.1, -0.05) is 17.7 Å². The smallest absolute Gasteiger partial charge is 0.337 e. The van der Waals surface area contributed by atoms with E-state index in [0.29, 0.717) is 21.8 Å². The highest BCUT2D eigenvalue weighted by atomic mass is 35.5. The van der Waals surface area contributed by atoms with E-state index in [-0.39, 0.29) is 5.91 Å². The van der Waals surface area contributed by atoms with Gasteiger partial charge in [0.15, 0.2) is 0 Å². The molecule has 0 saturated carbocycles. The number of nitrogens with one attached hydrogen (secondary N) is 2. The minimum absolute atomic E-state index is 0.277. The molecule has 2 aromatic carbocycles. The van der Waals surface area contributed by atoms with E-state index in [1.807, 2.05) is 6.07 Å². The summed E-state index contributed by atoms with van der Waals surface area (Å²) in [5.41, 5.74) is 2.33. The topological polar surface area (TPSA) is 63.1 Å². The number of piperazine rings is 1. The Morgan fingerprint density at radius 2 is 1.85 bits per heavy atom. The molecule has 1 aliphatic heterocycles. The summed E-state index contributed by atoms with van der Waals surface area (Å²) in [5.74, 6) is -0.719. The van der Waals surface area contributed by atoms with Gasteiger partial charge in [0, 0.05) is 10.6 Å². The first kappa shape index (κ1) is 19.2. The van der Waals surface area contributed by atoms with Crippen LogP contribution in [0.15, 0.2) is 42.5 Å². The molecule has 0 aromatic heterocycles. The van der Waals surface area contributed by atoms with E-state index in [0.717, 1.165) is 31.9 Å². The molecule has 3 rings (SSSR count). The molecule has 0 unspecified atom stereocenters. The van der Waals surface area contributed by atoms with E-state index < -0.39 is 5.97 Å². The Morgan fingerprint density at radius 3 is 2.52 bits per heavy atom. The van der Waals surface area contributed by atoms with Crippen molar-refractivity contribution < 1.29 is 19.2 Å². The number of anilines is 2. The number of nitrogens with zero attached hydrogens (tertiary/aromatic N) is 1. The van der Waals surface area contributed by atoms with Crippen LogP contribution in [0.5, 0.6) is 0 Å². The van der Waals surface area contributed by atoms with Gasteiger partial charge in [-0.15, -0.1) is 0 Å². The molecule has 1 amide bonds. The lowest BCUT2D eigenvalue weighted by Crippen LogP contribution is -3.12. The Balaban J connectivity index is 1.92. The van der Waals surface area contributed by atoms with Gasteiger partial charge in [0.1, 0.15) is 0 Å². The number of esters is 1. The highest BCUT2D eigenvalue weighted by molar-refractivity contribution is 6.31. The van der Waals surface area contributed by atoms with Gasteiger partial charge in [-0.2, -0.15) is 0 Å². The fourth-order valence-corrected chi connectivity index (χ4v) is 3.30. The van der Waals surface area contributed by atoms with Crippen molar-refractivity contribution in [3.8, 4) is 0 Å². The minimum atomic E-state index is -0.442. The normalized spacial score (nSPS) is 14.7. The van der Waals surface area contributed by atoms with E-state index >= 15 is 0 Å². The zero-order chi connectivity index (χ0) is 19.4. The third kappa shape index (κ3) is 4.59. The Labute approximate surface area is 163 Å². The highest BCUT2D eigenvalue weighted by Crippen LogP contribution is 2.28. The van der Waals surface area contributed by atoms with Crippen LogP contribution in [0.4, 0.5) is 11.4 Å². The maximum absolute atomic E-state index is 12.7. The van der Waals surface area contributed by atoms with E-state index in [1.54, 1.807) is 36.4 Å². The third-order valence-electron chi connectivity index (χ3n) is 4.71. The Kier molecular flexibility index (Phi) is 5.98. The summed E-state index contributed by atoms with van der Waals surface area (Å²) in [5, 5.41) is 3.42. The van der Waals surface area contributed by atoms with E-state index in [2.05, 4.69) is 17.3 Å². The number of halogens is 1. The number of likely N-dealkylation sites (N-methyl/N-ethyl adjacent to an activating group) is 1. The Bertz CT molecular complexity index is 848. The second-order valence-electron chi connectivity index (χ2n) is 6.63. The average molecular weight is 389 g/mol. The van der Waals surface area contributed by atoms with E-state index in [4.69, 9.17) is 16.3 Å². The van der Waals surface area contributed by atoms with Crippen molar-refractivity contribution in [1.29, 1.82) is 0 Å². The van der Waals surface area contributed by atoms with Crippen molar-refractivity contribution in [2.45, 2.75) is 0 Å². The zero-order valence-corrected chi connectivity index (χ0v) is 16.2. The van der Waals surface area contributed by atoms with Crippen molar-refractivity contribution >= 4 is 34.9 Å². The quantitative estimate of drug-likeness (QED) is 0.783. The largest absolute Gasteiger partial charge is 0.465 e. The fraction of sp³-hybridized carbons (Fsp3) is 0.300. The summed E-state index contributed by atoms with van der Waals surface area (Å²) in [6, 6.07) is 12.0. The lowest BCUT2D eigenvalue weighted by atomic mass is 10.1. The molecular formula is C20H23ClN3O3+. The zero-order valence-electron chi connectivity index (χ0n) is 15.4. The minimum Gasteiger partial charge on any atom is -0.465 e. The predicted octanol–water partition coefficient (Wildman–Crippen LogP) is 1.71. The van der Waals surface area contributed by atoms with E-state index in [1.165, 1.54) is 12.0 Å². The maximum Gasteiger partial charge on any atom is 0.337 e. The molecule has 7 heteroatoms. The summed E-state index contributed by atoms with van der Waals surface area (Å²) < 4.78 is 4.81. The van der Waals surface area contributed by atoms with Gasteiger partial charge in [-0.25, -0.2) is 4.79 Å². The fourth-order valence-electron chi connectivity index (χ4n) is 3.11. The van der Waals surface area contributed by atoms with Crippen molar-refractivity contribution in [2.75, 3.05) is 50.6 Å². The van der Waals surface area contributed by atoms with Crippen LogP contribution in [0.3, 0.4) is 0 Å². The maximum atomic E-state index is 12.7. The van der Waals surface area contributed by atoms with Gasteiger partial charge < -0.3 is 19.9 Å². The summed E-state index contributed by atoms with van der Waals surface area (Å²) in [6.07, 6.45) is 0. The van der Waals surface area contributed by atoms with Gasteiger partial charge in [0.2, 0.25) is 0 Å². The SMILES string of the molecule is COC(=O)c1ccc(N2CC[NH+](C)CC2)c(NC(=O)c2cccc(Cl)c2)c1. The first-order valence-electron chi connectivity index (χ1n) is 8.83. The van der Waals surface area contributed by atoms with Crippen molar-refractivity contribution in [3.05, 3.63) is 58.6 Å². The van der Waals surface area contributed by atoms with Gasteiger partial charge in [-0.3, -0.25) is 4.79 Å². The summed E-state index contributed by atoms with van der Waals surface area (Å²) in [6.45, 7) is 3.79. The lowest BCUT2D eigenvalue weighted by Gasteiger charge is -2.33. The van der Waals surface area contributed by atoms with Crippen molar-refractivity contribution in [1.82, 2.24) is 0 Å². The molecular weight excluding hydrogens is 366 g/mol. The second-order valence-corrected chi connectivity index (χ2v) is 7.07. The Hall–Kier alpha value is -2.57. The molecule has 27 heavy (non-hydrogen) atoms. The number of hydrogen-bond acceptors (Lipinski definition) is 4. The molecule has 0 aliphatic carbocycles. The molecule has 0 radical (unpaired) electrons. The lowest BCUT2D eigenvalue weighted by molar-refractivity contribution is -0.880. The van der Waals surface area contributed by atoms with Crippen LogP contribution >= 0.6 is 11.6 Å². The molecule has 1 saturated heterocycles. The molecule has 1 heterocycles. The van der Waals surface area contributed by atoms with Crippen molar-refractivity contribution in [3.63, 3.8) is 0 Å². The van der Waals surface area contributed by atoms with Crippen LogP contribution in [0.1, 0.15) is 20.7 Å². The molecule has 6 nitrogen and oxygen atoms in total. The molecule has 2 N–H and O–H groups in total. The summed E-state index contributed by atoms with van der Waals surface area (Å²) in [4.78, 5) is 28.3. The number of methoxy groups -OCH3 is 1. The van der Waals surface area contributed by atoms with Crippen LogP contribution in [0.25, 0.3) is 0 Å². The van der Waals surface area contributed by atoms with Crippen LogP contribution in [0.2, 0.25) is 5.02 Å². The highest BCUT2D eigenvalue weighted by Gasteiger charge is 2.21. The molecule has 1 fully saturated rings. The molecule has 0 atom stereocenters. The molecule has 1 aliphatic rings. The van der Waals surface area contributed by atoms with Crippen LogP contribution in [-0.4, -0.2) is 52.2 Å². The second kappa shape index (κ2) is 8.41. The number of benzene rings is 2. The number of rotatable bonds is 4. The standard InChI is InChI=1S/C20H22ClN3O3/c1-23-8-10-24(11-9-23)18-7-6-15(20(26)27-2)13-17(18)22-19(25)14-4-3-5-16(21)12-14/h3-7,12-13H,8-11H2,1-2H3,(H,22,25)/p+1. The number of quaternary nitrogens is 1. The van der Waals surface area contributed by atoms with Crippen LogP contribution in [-0.2, 0) is 4.74 Å². The summed E-state index contributed by atoms with van der Waals surface area (Å²) >= 11 is 5.99. The number of carbonyl (C=O) groups excluding carboxylic acids is 2. The molecule has 142 valence electrons. The first-order chi connectivity index (χ1) is 13.0. The monoisotopic (exact) mass is 388 g/mol. The summed E-state index contributed by atoms with van der Waals surface area (Å²) in [7, 11) is 3.50. The number of hydrogen-bond donors (Lipinski definition) is 2. The van der Waals surface area contributed by atoms with Gasteiger partial charge in [-0.05, 0) is 36.4 Å². The Morgan fingerprint density at radius 1 is 1.11 bits per heavy atom. The first-order valence-corrected chi connectivity index (χ1v) is 9.21. The molecule has 0 bridgehead atoms. The van der Waals surface area contributed by atoms with Crippen LogP contribution in [0, 0.1) is 0 Å². The van der Waals surface area contributed by atoms with Crippen molar-refractivity contribution in [2.24, 2.45) is 0 Å². The number of ether oxygens (including phenoxy) is 1. The predicted molar refractivity (Wildman–Crippen MR) is 106 cm³/mol. The molecule has 2 aromatic rings. The average Bonchev–Trinajstić information content (AvgIpc) is 2.68. The number of carbonyl (C=O) groups is 2. The molecule has 0 spiro atoms. The van der Waals surface area contributed by atoms with E-state index in [9.17, 15) is 9.59 Å². The third-order valence-corrected chi connectivity index (χ3v) is 4.95. The number of amides is 1. The van der Waals surface area contributed by atoms with Gasteiger partial charge in [0.25, 0.3) is 5.91 Å². The van der Waals surface area contributed by atoms with Gasteiger partial charge in [0.05, 0.1) is 57.3 Å².